The maximum Gasteiger partial charge on any atom is 0.261 e. The molecular formula is C13H8F4N2O. The molecule has 0 unspecified atom stereocenters. The number of rotatable bonds is 2. The van der Waals surface area contributed by atoms with Gasteiger partial charge >= 0.3 is 0 Å². The summed E-state index contributed by atoms with van der Waals surface area (Å²) in [4.78, 5) is 11.7. The normalized spacial score (nSPS) is 10.4. The Labute approximate surface area is 111 Å². The summed E-state index contributed by atoms with van der Waals surface area (Å²) in [6, 6.07) is 4.02. The molecule has 0 spiro atoms. The highest BCUT2D eigenvalue weighted by atomic mass is 19.1. The zero-order valence-corrected chi connectivity index (χ0v) is 9.88. The Morgan fingerprint density at radius 1 is 0.950 bits per heavy atom. The molecule has 2 aromatic carbocycles. The SMILES string of the molecule is Nc1cc(NC(=O)c2c(F)cc(F)cc2F)ccc1F. The van der Waals surface area contributed by atoms with E-state index in [9.17, 15) is 22.4 Å². The first kappa shape index (κ1) is 13.9. The number of benzene rings is 2. The smallest absolute Gasteiger partial charge is 0.261 e. The van der Waals surface area contributed by atoms with Crippen LogP contribution in [-0.2, 0) is 0 Å². The lowest BCUT2D eigenvalue weighted by atomic mass is 10.1. The molecule has 3 N–H and O–H groups in total. The Balaban J connectivity index is 2.31. The molecule has 0 saturated heterocycles. The number of nitrogens with two attached hydrogens (primary N) is 1. The molecule has 0 radical (unpaired) electrons. The summed E-state index contributed by atoms with van der Waals surface area (Å²) in [7, 11) is 0. The Morgan fingerprint density at radius 2 is 1.55 bits per heavy atom. The molecule has 104 valence electrons. The number of amides is 1. The molecule has 0 bridgehead atoms. The van der Waals surface area contributed by atoms with E-state index in [0.717, 1.165) is 12.1 Å². The van der Waals surface area contributed by atoms with Gasteiger partial charge in [0.1, 0.15) is 28.8 Å². The third kappa shape index (κ3) is 2.71. The molecular weight excluding hydrogens is 276 g/mol. The second kappa shape index (κ2) is 5.20. The maximum absolute atomic E-state index is 13.4. The fourth-order valence-corrected chi connectivity index (χ4v) is 1.57. The number of anilines is 2. The van der Waals surface area contributed by atoms with Gasteiger partial charge in [-0.15, -0.1) is 0 Å². The quantitative estimate of drug-likeness (QED) is 0.657. The van der Waals surface area contributed by atoms with Crippen LogP contribution in [0.4, 0.5) is 28.9 Å². The first-order valence-corrected chi connectivity index (χ1v) is 5.39. The van der Waals surface area contributed by atoms with Crippen molar-refractivity contribution in [3.8, 4) is 0 Å². The fourth-order valence-electron chi connectivity index (χ4n) is 1.57. The van der Waals surface area contributed by atoms with Gasteiger partial charge in [-0.05, 0) is 18.2 Å². The van der Waals surface area contributed by atoms with E-state index in [-0.39, 0.29) is 11.4 Å². The summed E-state index contributed by atoms with van der Waals surface area (Å²) in [6.07, 6.45) is 0. The van der Waals surface area contributed by atoms with E-state index in [1.54, 1.807) is 0 Å². The second-order valence-corrected chi connectivity index (χ2v) is 3.93. The number of carbonyl (C=O) groups is 1. The van der Waals surface area contributed by atoms with Gasteiger partial charge < -0.3 is 11.1 Å². The third-order valence-corrected chi connectivity index (χ3v) is 2.49. The predicted octanol–water partition coefficient (Wildman–Crippen LogP) is 3.08. The average Bonchev–Trinajstić information content (AvgIpc) is 2.32. The molecule has 0 atom stereocenters. The summed E-state index contributed by atoms with van der Waals surface area (Å²) in [6.45, 7) is 0. The highest BCUT2D eigenvalue weighted by Gasteiger charge is 2.19. The monoisotopic (exact) mass is 284 g/mol. The van der Waals surface area contributed by atoms with Crippen LogP contribution in [0.2, 0.25) is 0 Å². The van der Waals surface area contributed by atoms with Crippen LogP contribution in [-0.4, -0.2) is 5.91 Å². The Hall–Kier alpha value is -2.57. The van der Waals surface area contributed by atoms with Crippen molar-refractivity contribution in [3.05, 3.63) is 59.2 Å². The van der Waals surface area contributed by atoms with Gasteiger partial charge in [0.15, 0.2) is 0 Å². The van der Waals surface area contributed by atoms with E-state index >= 15 is 0 Å². The number of halogens is 4. The van der Waals surface area contributed by atoms with Gasteiger partial charge in [0.2, 0.25) is 0 Å². The number of hydrogen-bond acceptors (Lipinski definition) is 2. The lowest BCUT2D eigenvalue weighted by Gasteiger charge is -2.08. The van der Waals surface area contributed by atoms with Crippen LogP contribution in [0.1, 0.15) is 10.4 Å². The van der Waals surface area contributed by atoms with Gasteiger partial charge in [-0.2, -0.15) is 0 Å². The van der Waals surface area contributed by atoms with Crippen molar-refractivity contribution in [3.63, 3.8) is 0 Å². The molecule has 2 rings (SSSR count). The van der Waals surface area contributed by atoms with Crippen molar-refractivity contribution >= 4 is 17.3 Å². The van der Waals surface area contributed by atoms with Crippen molar-refractivity contribution in [2.45, 2.75) is 0 Å². The summed E-state index contributed by atoms with van der Waals surface area (Å²) in [5.41, 5.74) is 4.17. The van der Waals surface area contributed by atoms with Crippen molar-refractivity contribution in [2.24, 2.45) is 0 Å². The lowest BCUT2D eigenvalue weighted by molar-refractivity contribution is 0.101. The fraction of sp³-hybridized carbons (Fsp3) is 0. The molecule has 0 aromatic heterocycles. The number of nitrogens with one attached hydrogen (secondary N) is 1. The van der Waals surface area contributed by atoms with Crippen molar-refractivity contribution in [1.82, 2.24) is 0 Å². The Morgan fingerprint density at radius 3 is 2.10 bits per heavy atom. The van der Waals surface area contributed by atoms with Crippen LogP contribution < -0.4 is 11.1 Å². The molecule has 0 fully saturated rings. The molecule has 0 heterocycles. The van der Waals surface area contributed by atoms with E-state index < -0.39 is 34.7 Å². The van der Waals surface area contributed by atoms with Crippen LogP contribution in [0.25, 0.3) is 0 Å². The molecule has 0 saturated carbocycles. The molecule has 7 heteroatoms. The molecule has 0 aliphatic carbocycles. The summed E-state index contributed by atoms with van der Waals surface area (Å²) < 4.78 is 52.4. The first-order chi connectivity index (χ1) is 9.38. The summed E-state index contributed by atoms with van der Waals surface area (Å²) >= 11 is 0. The van der Waals surface area contributed by atoms with Gasteiger partial charge in [-0.25, -0.2) is 17.6 Å². The molecule has 20 heavy (non-hydrogen) atoms. The van der Waals surface area contributed by atoms with Crippen LogP contribution in [0, 0.1) is 23.3 Å². The Bertz CT molecular complexity index is 665. The van der Waals surface area contributed by atoms with Gasteiger partial charge in [0.25, 0.3) is 5.91 Å². The predicted molar refractivity (Wildman–Crippen MR) is 65.1 cm³/mol. The first-order valence-electron chi connectivity index (χ1n) is 5.39. The minimum atomic E-state index is -1.34. The average molecular weight is 284 g/mol. The third-order valence-electron chi connectivity index (χ3n) is 2.49. The van der Waals surface area contributed by atoms with E-state index in [4.69, 9.17) is 5.73 Å². The van der Waals surface area contributed by atoms with Crippen LogP contribution in [0.3, 0.4) is 0 Å². The molecule has 1 amide bonds. The zero-order valence-electron chi connectivity index (χ0n) is 9.88. The molecule has 3 nitrogen and oxygen atoms in total. The molecule has 2 aromatic rings. The highest BCUT2D eigenvalue weighted by molar-refractivity contribution is 6.04. The largest absolute Gasteiger partial charge is 0.396 e. The number of hydrogen-bond donors (Lipinski definition) is 2. The summed E-state index contributed by atoms with van der Waals surface area (Å²) in [5, 5.41) is 2.14. The maximum atomic E-state index is 13.4. The number of carbonyl (C=O) groups excluding carboxylic acids is 1. The van der Waals surface area contributed by atoms with Gasteiger partial charge in [0, 0.05) is 17.8 Å². The van der Waals surface area contributed by atoms with Gasteiger partial charge in [0.05, 0.1) is 5.69 Å². The highest BCUT2D eigenvalue weighted by Crippen LogP contribution is 2.19. The number of nitrogen functional groups attached to an aromatic ring is 1. The van der Waals surface area contributed by atoms with Crippen LogP contribution in [0.5, 0.6) is 0 Å². The Kier molecular flexibility index (Phi) is 3.60. The van der Waals surface area contributed by atoms with Gasteiger partial charge in [-0.1, -0.05) is 0 Å². The van der Waals surface area contributed by atoms with E-state index in [1.807, 2.05) is 0 Å². The minimum Gasteiger partial charge on any atom is -0.396 e. The van der Waals surface area contributed by atoms with Crippen molar-refractivity contribution in [2.75, 3.05) is 11.1 Å². The standard InChI is InChI=1S/C13H8F4N2O/c14-6-3-9(16)12(10(17)4-6)13(20)19-7-1-2-8(15)11(18)5-7/h1-5H,18H2,(H,19,20). The minimum absolute atomic E-state index is 0.0528. The topological polar surface area (TPSA) is 55.1 Å². The van der Waals surface area contributed by atoms with E-state index in [1.165, 1.54) is 6.07 Å². The molecule has 0 aliphatic rings. The van der Waals surface area contributed by atoms with Crippen LogP contribution >= 0.6 is 0 Å². The lowest BCUT2D eigenvalue weighted by Crippen LogP contribution is -2.16. The van der Waals surface area contributed by atoms with Crippen molar-refractivity contribution < 1.29 is 22.4 Å². The van der Waals surface area contributed by atoms with Gasteiger partial charge in [-0.3, -0.25) is 4.79 Å². The summed E-state index contributed by atoms with van der Waals surface area (Å²) in [5.74, 6) is -5.64. The van der Waals surface area contributed by atoms with Crippen molar-refractivity contribution in [1.29, 1.82) is 0 Å². The second-order valence-electron chi connectivity index (χ2n) is 3.93. The van der Waals surface area contributed by atoms with E-state index in [0.29, 0.717) is 12.1 Å². The zero-order chi connectivity index (χ0) is 14.9. The van der Waals surface area contributed by atoms with Crippen LogP contribution in [0.15, 0.2) is 30.3 Å². The molecule has 0 aliphatic heterocycles. The van der Waals surface area contributed by atoms with E-state index in [2.05, 4.69) is 5.32 Å².